The van der Waals surface area contributed by atoms with Gasteiger partial charge < -0.3 is 19.9 Å². The maximum atomic E-state index is 13.9. The number of ketones is 1. The van der Waals surface area contributed by atoms with E-state index >= 15 is 0 Å². The number of nitrogens with one attached hydrogen (secondary N) is 1. The Balaban J connectivity index is 1.62. The van der Waals surface area contributed by atoms with E-state index in [9.17, 15) is 19.1 Å². The summed E-state index contributed by atoms with van der Waals surface area (Å²) < 4.78 is 25.1. The molecule has 1 aromatic heterocycles. The lowest BCUT2D eigenvalue weighted by Crippen LogP contribution is -2.40. The molecule has 0 saturated heterocycles. The van der Waals surface area contributed by atoms with Crippen LogP contribution in [0.15, 0.2) is 48.5 Å². The van der Waals surface area contributed by atoms with Gasteiger partial charge in [0.15, 0.2) is 17.3 Å². The van der Waals surface area contributed by atoms with Crippen molar-refractivity contribution >= 4 is 23.3 Å². The number of pyridine rings is 1. The van der Waals surface area contributed by atoms with Gasteiger partial charge in [0.1, 0.15) is 11.4 Å². The van der Waals surface area contributed by atoms with Crippen molar-refractivity contribution in [3.05, 3.63) is 76.2 Å². The van der Waals surface area contributed by atoms with Crippen LogP contribution in [-0.2, 0) is 15.9 Å². The van der Waals surface area contributed by atoms with Crippen LogP contribution < -0.4 is 14.8 Å². The molecule has 1 aliphatic rings. The van der Waals surface area contributed by atoms with E-state index in [2.05, 4.69) is 10.3 Å². The minimum atomic E-state index is -1.50. The number of amides is 1. The van der Waals surface area contributed by atoms with Crippen LogP contribution in [0.2, 0.25) is 5.02 Å². The molecular formula is C31H34ClFN2O5. The van der Waals surface area contributed by atoms with Crippen molar-refractivity contribution in [2.75, 3.05) is 7.11 Å². The fraction of sp³-hybridized carbons (Fsp3) is 0.387. The molecule has 1 saturated carbocycles. The Morgan fingerprint density at radius 3 is 2.45 bits per heavy atom. The molecule has 3 aromatic rings. The average Bonchev–Trinajstić information content (AvgIpc) is 3.72. The van der Waals surface area contributed by atoms with E-state index in [0.717, 1.165) is 12.8 Å². The fourth-order valence-corrected chi connectivity index (χ4v) is 4.60. The van der Waals surface area contributed by atoms with Gasteiger partial charge in [0.05, 0.1) is 35.2 Å². The largest absolute Gasteiger partial charge is 0.493 e. The van der Waals surface area contributed by atoms with E-state index < -0.39 is 17.0 Å². The smallest absolute Gasteiger partial charge is 0.217 e. The molecule has 9 heteroatoms. The van der Waals surface area contributed by atoms with Gasteiger partial charge in [0.2, 0.25) is 5.91 Å². The number of Topliss-reactive ketones (excluding diaryl/α,β-unsaturated/α-hetero) is 1. The summed E-state index contributed by atoms with van der Waals surface area (Å²) >= 11 is 6.03. The lowest BCUT2D eigenvalue weighted by molar-refractivity contribution is -0.120. The topological polar surface area (TPSA) is 97.8 Å². The van der Waals surface area contributed by atoms with Crippen LogP contribution in [-0.4, -0.2) is 35.0 Å². The molecule has 212 valence electrons. The Kier molecular flexibility index (Phi) is 8.52. The minimum absolute atomic E-state index is 0.0394. The molecule has 2 N–H and O–H groups in total. The van der Waals surface area contributed by atoms with Gasteiger partial charge in [-0.15, -0.1) is 0 Å². The monoisotopic (exact) mass is 568 g/mol. The van der Waals surface area contributed by atoms with Crippen molar-refractivity contribution in [1.29, 1.82) is 0 Å². The molecule has 40 heavy (non-hydrogen) atoms. The number of rotatable bonds is 11. The summed E-state index contributed by atoms with van der Waals surface area (Å²) in [6.07, 6.45) is 2.32. The van der Waals surface area contributed by atoms with Crippen molar-refractivity contribution in [3.8, 4) is 22.8 Å². The Hall–Kier alpha value is -3.49. The van der Waals surface area contributed by atoms with E-state index in [1.165, 1.54) is 26.2 Å². The molecule has 4 rings (SSSR count). The number of carbonyl (C=O) groups is 2. The van der Waals surface area contributed by atoms with Crippen molar-refractivity contribution in [2.24, 2.45) is 0 Å². The lowest BCUT2D eigenvalue weighted by Gasteiger charge is -2.30. The number of ether oxygens (including phenoxy) is 2. The third kappa shape index (κ3) is 6.98. The molecule has 0 radical (unpaired) electrons. The first kappa shape index (κ1) is 29.5. The van der Waals surface area contributed by atoms with E-state index in [4.69, 9.17) is 21.1 Å². The fourth-order valence-electron chi connectivity index (χ4n) is 4.42. The SMILES string of the molecule is COc1cc(C(=O)CCC(C)(O)c2cc(C(C)(C)NC(C)=O)cc(-c3ccc(F)c(Cl)c3)n2)ccc1OC1CC1. The summed E-state index contributed by atoms with van der Waals surface area (Å²) in [5.41, 5.74) is 0.0925. The maximum Gasteiger partial charge on any atom is 0.217 e. The highest BCUT2D eigenvalue weighted by Crippen LogP contribution is 2.36. The second-order valence-electron chi connectivity index (χ2n) is 10.9. The molecule has 0 spiro atoms. The molecule has 1 amide bonds. The van der Waals surface area contributed by atoms with Gasteiger partial charge in [0, 0.05) is 24.5 Å². The summed E-state index contributed by atoms with van der Waals surface area (Å²) in [5.74, 6) is 0.133. The highest BCUT2D eigenvalue weighted by molar-refractivity contribution is 6.31. The predicted octanol–water partition coefficient (Wildman–Crippen LogP) is 6.33. The highest BCUT2D eigenvalue weighted by Gasteiger charge is 2.31. The van der Waals surface area contributed by atoms with E-state index in [1.807, 2.05) is 13.8 Å². The van der Waals surface area contributed by atoms with Gasteiger partial charge in [0.25, 0.3) is 0 Å². The standard InChI is InChI=1S/C31H34ClFN2O5/c1-18(36)35-30(2,3)21-16-25(19-6-10-24(33)23(32)14-19)34-29(17-21)31(4,38)13-12-26(37)20-7-11-27(28(15-20)39-5)40-22-8-9-22/h6-7,10-11,14-17,22,38H,8-9,12-13H2,1-5H3,(H,35,36). The first-order valence-corrected chi connectivity index (χ1v) is 13.5. The first-order valence-electron chi connectivity index (χ1n) is 13.2. The van der Waals surface area contributed by atoms with Crippen molar-refractivity contribution in [1.82, 2.24) is 10.3 Å². The Bertz CT molecular complexity index is 1440. The van der Waals surface area contributed by atoms with Gasteiger partial charge in [-0.1, -0.05) is 11.6 Å². The second kappa shape index (κ2) is 11.6. The Morgan fingerprint density at radius 2 is 1.82 bits per heavy atom. The Morgan fingerprint density at radius 1 is 1.10 bits per heavy atom. The summed E-state index contributed by atoms with van der Waals surface area (Å²) in [6, 6.07) is 12.8. The number of hydrogen-bond acceptors (Lipinski definition) is 6. The van der Waals surface area contributed by atoms with Crippen LogP contribution in [0.4, 0.5) is 4.39 Å². The minimum Gasteiger partial charge on any atom is -0.493 e. The summed E-state index contributed by atoms with van der Waals surface area (Å²) in [4.78, 5) is 29.7. The summed E-state index contributed by atoms with van der Waals surface area (Å²) in [5, 5.41) is 14.4. The number of hydrogen-bond donors (Lipinski definition) is 2. The van der Waals surface area contributed by atoms with Gasteiger partial charge in [-0.2, -0.15) is 0 Å². The van der Waals surface area contributed by atoms with Gasteiger partial charge >= 0.3 is 0 Å². The number of aliphatic hydroxyl groups is 1. The number of halogens is 2. The summed E-state index contributed by atoms with van der Waals surface area (Å²) in [7, 11) is 1.53. The molecule has 1 aliphatic carbocycles. The average molecular weight is 569 g/mol. The predicted molar refractivity (Wildman–Crippen MR) is 151 cm³/mol. The summed E-state index contributed by atoms with van der Waals surface area (Å²) in [6.45, 7) is 6.67. The van der Waals surface area contributed by atoms with Crippen molar-refractivity contribution in [3.63, 3.8) is 0 Å². The molecule has 0 bridgehead atoms. The van der Waals surface area contributed by atoms with Crippen LogP contribution in [0.1, 0.15) is 75.0 Å². The van der Waals surface area contributed by atoms with E-state index in [1.54, 1.807) is 43.3 Å². The van der Waals surface area contributed by atoms with Crippen LogP contribution in [0.3, 0.4) is 0 Å². The quantitative estimate of drug-likeness (QED) is 0.262. The molecule has 2 aromatic carbocycles. The molecule has 1 heterocycles. The normalized spacial score (nSPS) is 14.8. The zero-order valence-electron chi connectivity index (χ0n) is 23.3. The molecular weight excluding hydrogens is 535 g/mol. The lowest BCUT2D eigenvalue weighted by atomic mass is 9.87. The number of aromatic nitrogens is 1. The van der Waals surface area contributed by atoms with Crippen LogP contribution in [0.25, 0.3) is 11.3 Å². The highest BCUT2D eigenvalue weighted by atomic mass is 35.5. The van der Waals surface area contributed by atoms with Crippen molar-refractivity contribution in [2.45, 2.75) is 70.6 Å². The number of carbonyl (C=O) groups excluding carboxylic acids is 2. The van der Waals surface area contributed by atoms with E-state index in [-0.39, 0.29) is 35.7 Å². The van der Waals surface area contributed by atoms with Crippen LogP contribution in [0, 0.1) is 5.82 Å². The number of benzene rings is 2. The number of methoxy groups -OCH3 is 1. The molecule has 1 atom stereocenters. The third-order valence-corrected chi connectivity index (χ3v) is 7.23. The zero-order valence-corrected chi connectivity index (χ0v) is 24.1. The first-order chi connectivity index (χ1) is 18.8. The van der Waals surface area contributed by atoms with Gasteiger partial charge in [-0.05, 0) is 94.1 Å². The third-order valence-electron chi connectivity index (χ3n) is 6.95. The van der Waals surface area contributed by atoms with Gasteiger partial charge in [-0.3, -0.25) is 9.59 Å². The van der Waals surface area contributed by atoms with E-state index in [0.29, 0.717) is 39.6 Å². The number of nitrogens with zero attached hydrogens (tertiary/aromatic N) is 1. The maximum absolute atomic E-state index is 13.9. The van der Waals surface area contributed by atoms with Gasteiger partial charge in [-0.25, -0.2) is 9.37 Å². The van der Waals surface area contributed by atoms with Crippen LogP contribution >= 0.6 is 11.6 Å². The molecule has 1 unspecified atom stereocenters. The second-order valence-corrected chi connectivity index (χ2v) is 11.3. The molecule has 0 aliphatic heterocycles. The Labute approximate surface area is 238 Å². The molecule has 7 nitrogen and oxygen atoms in total. The molecule has 1 fully saturated rings. The van der Waals surface area contributed by atoms with Crippen molar-refractivity contribution < 1.29 is 28.6 Å². The van der Waals surface area contributed by atoms with Crippen LogP contribution in [0.5, 0.6) is 11.5 Å². The zero-order chi connectivity index (χ0) is 29.2.